The van der Waals surface area contributed by atoms with Crippen LogP contribution in [-0.2, 0) is 4.74 Å². The minimum atomic E-state index is 0.252. The summed E-state index contributed by atoms with van der Waals surface area (Å²) in [6.45, 7) is 7.79. The van der Waals surface area contributed by atoms with E-state index in [-0.39, 0.29) is 5.41 Å². The first kappa shape index (κ1) is 12.1. The van der Waals surface area contributed by atoms with Crippen LogP contribution in [0.1, 0.15) is 38.8 Å². The van der Waals surface area contributed by atoms with Crippen molar-refractivity contribution < 1.29 is 4.74 Å². The van der Waals surface area contributed by atoms with Gasteiger partial charge in [-0.05, 0) is 31.0 Å². The Kier molecular flexibility index (Phi) is 2.91. The van der Waals surface area contributed by atoms with Gasteiger partial charge in [-0.25, -0.2) is 0 Å². The highest BCUT2D eigenvalue weighted by molar-refractivity contribution is 5.17. The lowest BCUT2D eigenvalue weighted by Crippen LogP contribution is -2.66. The lowest BCUT2D eigenvalue weighted by Gasteiger charge is -2.55. The van der Waals surface area contributed by atoms with Gasteiger partial charge < -0.3 is 10.1 Å². The number of pyridine rings is 1. The fraction of sp³-hybridized carbons (Fsp3) is 0.667. The SMILES string of the molecule is CC(NC1C2CCOC2C1(C)C)c1ccncc1. The van der Waals surface area contributed by atoms with Crippen LogP contribution >= 0.6 is 0 Å². The third-order valence-corrected chi connectivity index (χ3v) is 4.74. The molecule has 1 aromatic rings. The number of nitrogens with zero attached hydrogens (tertiary/aromatic N) is 1. The van der Waals surface area contributed by atoms with Crippen molar-refractivity contribution in [2.24, 2.45) is 11.3 Å². The van der Waals surface area contributed by atoms with Crippen molar-refractivity contribution in [1.29, 1.82) is 0 Å². The van der Waals surface area contributed by atoms with Gasteiger partial charge in [0.2, 0.25) is 0 Å². The number of aromatic nitrogens is 1. The standard InChI is InChI=1S/C15H22N2O/c1-10(11-4-7-16-8-5-11)17-13-12-6-9-18-14(12)15(13,2)3/h4-5,7-8,10,12-14,17H,6,9H2,1-3H3. The molecule has 0 spiro atoms. The maximum absolute atomic E-state index is 5.83. The highest BCUT2D eigenvalue weighted by Gasteiger charge is 2.59. The maximum Gasteiger partial charge on any atom is 0.0685 e. The van der Waals surface area contributed by atoms with Gasteiger partial charge in [-0.1, -0.05) is 13.8 Å². The molecule has 1 aromatic heterocycles. The van der Waals surface area contributed by atoms with E-state index in [1.165, 1.54) is 12.0 Å². The van der Waals surface area contributed by atoms with Gasteiger partial charge in [-0.15, -0.1) is 0 Å². The molecule has 4 atom stereocenters. The van der Waals surface area contributed by atoms with Crippen LogP contribution in [0.15, 0.2) is 24.5 Å². The lowest BCUT2D eigenvalue weighted by molar-refractivity contribution is -0.115. The van der Waals surface area contributed by atoms with Crippen LogP contribution < -0.4 is 5.32 Å². The zero-order chi connectivity index (χ0) is 12.8. The first-order valence-corrected chi connectivity index (χ1v) is 6.88. The van der Waals surface area contributed by atoms with Gasteiger partial charge in [-0.3, -0.25) is 4.98 Å². The zero-order valence-electron chi connectivity index (χ0n) is 11.4. The molecule has 2 heterocycles. The molecule has 0 radical (unpaired) electrons. The first-order chi connectivity index (χ1) is 8.60. The molecule has 1 N–H and O–H groups in total. The van der Waals surface area contributed by atoms with Crippen LogP contribution in [0.25, 0.3) is 0 Å². The van der Waals surface area contributed by atoms with E-state index in [1.807, 2.05) is 12.4 Å². The van der Waals surface area contributed by atoms with Gasteiger partial charge in [-0.2, -0.15) is 0 Å². The third-order valence-electron chi connectivity index (χ3n) is 4.74. The van der Waals surface area contributed by atoms with Crippen molar-refractivity contribution in [3.05, 3.63) is 30.1 Å². The molecule has 1 aliphatic heterocycles. The molecular weight excluding hydrogens is 224 g/mol. The third kappa shape index (κ3) is 1.77. The maximum atomic E-state index is 5.83. The quantitative estimate of drug-likeness (QED) is 0.890. The second kappa shape index (κ2) is 4.32. The van der Waals surface area contributed by atoms with Gasteiger partial charge >= 0.3 is 0 Å². The van der Waals surface area contributed by atoms with E-state index in [0.29, 0.717) is 24.1 Å². The Balaban J connectivity index is 1.70. The second-order valence-corrected chi connectivity index (χ2v) is 6.21. The molecule has 18 heavy (non-hydrogen) atoms. The Hall–Kier alpha value is -0.930. The highest BCUT2D eigenvalue weighted by Crippen LogP contribution is 2.52. The van der Waals surface area contributed by atoms with Crippen LogP contribution in [0.3, 0.4) is 0 Å². The van der Waals surface area contributed by atoms with E-state index in [2.05, 4.69) is 43.2 Å². The molecular formula is C15H22N2O. The van der Waals surface area contributed by atoms with Crippen LogP contribution in [0.5, 0.6) is 0 Å². The molecule has 0 aromatic carbocycles. The smallest absolute Gasteiger partial charge is 0.0685 e. The Morgan fingerprint density at radius 2 is 2.11 bits per heavy atom. The molecule has 2 aliphatic rings. The average Bonchev–Trinajstić information content (AvgIpc) is 2.83. The number of hydrogen-bond donors (Lipinski definition) is 1. The lowest BCUT2D eigenvalue weighted by atomic mass is 9.57. The predicted octanol–water partition coefficient (Wildman–Crippen LogP) is 2.55. The van der Waals surface area contributed by atoms with Crippen molar-refractivity contribution >= 4 is 0 Å². The van der Waals surface area contributed by atoms with Crippen molar-refractivity contribution in [2.75, 3.05) is 6.61 Å². The van der Waals surface area contributed by atoms with E-state index in [1.54, 1.807) is 0 Å². The van der Waals surface area contributed by atoms with E-state index >= 15 is 0 Å². The molecule has 3 rings (SSSR count). The summed E-state index contributed by atoms with van der Waals surface area (Å²) in [5, 5.41) is 3.79. The monoisotopic (exact) mass is 246 g/mol. The number of nitrogens with one attached hydrogen (secondary N) is 1. The normalized spacial score (nSPS) is 34.7. The summed E-state index contributed by atoms with van der Waals surface area (Å²) in [6.07, 6.45) is 5.39. The van der Waals surface area contributed by atoms with Crippen molar-refractivity contribution in [3.63, 3.8) is 0 Å². The molecule has 3 nitrogen and oxygen atoms in total. The molecule has 1 aliphatic carbocycles. The Bertz CT molecular complexity index is 418. The number of ether oxygens (including phenoxy) is 1. The number of rotatable bonds is 3. The van der Waals surface area contributed by atoms with Crippen LogP contribution in [-0.4, -0.2) is 23.7 Å². The largest absolute Gasteiger partial charge is 0.377 e. The van der Waals surface area contributed by atoms with Crippen LogP contribution in [0.2, 0.25) is 0 Å². The van der Waals surface area contributed by atoms with Gasteiger partial charge in [0.05, 0.1) is 6.10 Å². The summed E-state index contributed by atoms with van der Waals surface area (Å²) in [5.74, 6) is 0.698. The number of hydrogen-bond acceptors (Lipinski definition) is 3. The molecule has 2 fully saturated rings. The van der Waals surface area contributed by atoms with Gasteiger partial charge in [0.25, 0.3) is 0 Å². The molecule has 0 amide bonds. The Morgan fingerprint density at radius 3 is 2.83 bits per heavy atom. The minimum absolute atomic E-state index is 0.252. The predicted molar refractivity (Wildman–Crippen MR) is 71.2 cm³/mol. The molecule has 3 heteroatoms. The Morgan fingerprint density at radius 1 is 1.39 bits per heavy atom. The summed E-state index contributed by atoms with van der Waals surface area (Å²) in [7, 11) is 0. The fourth-order valence-electron chi connectivity index (χ4n) is 3.68. The topological polar surface area (TPSA) is 34.1 Å². The van der Waals surface area contributed by atoms with Gasteiger partial charge in [0, 0.05) is 42.4 Å². The van der Waals surface area contributed by atoms with Crippen molar-refractivity contribution in [1.82, 2.24) is 10.3 Å². The summed E-state index contributed by atoms with van der Waals surface area (Å²) in [5.41, 5.74) is 1.56. The van der Waals surface area contributed by atoms with E-state index in [4.69, 9.17) is 4.74 Å². The van der Waals surface area contributed by atoms with Gasteiger partial charge in [0.15, 0.2) is 0 Å². The van der Waals surface area contributed by atoms with E-state index in [9.17, 15) is 0 Å². The molecule has 0 bridgehead atoms. The van der Waals surface area contributed by atoms with Crippen LogP contribution in [0.4, 0.5) is 0 Å². The van der Waals surface area contributed by atoms with E-state index in [0.717, 1.165) is 6.61 Å². The summed E-state index contributed by atoms with van der Waals surface area (Å²) in [6, 6.07) is 5.12. The number of fused-ring (bicyclic) bond motifs is 1. The highest BCUT2D eigenvalue weighted by atomic mass is 16.5. The molecule has 98 valence electrons. The molecule has 4 unspecified atom stereocenters. The Labute approximate surface area is 109 Å². The average molecular weight is 246 g/mol. The van der Waals surface area contributed by atoms with Gasteiger partial charge in [0.1, 0.15) is 0 Å². The van der Waals surface area contributed by atoms with E-state index < -0.39 is 0 Å². The van der Waals surface area contributed by atoms with Crippen LogP contribution in [0, 0.1) is 11.3 Å². The molecule has 1 saturated heterocycles. The second-order valence-electron chi connectivity index (χ2n) is 6.21. The van der Waals surface area contributed by atoms with Crippen molar-refractivity contribution in [3.8, 4) is 0 Å². The summed E-state index contributed by atoms with van der Waals surface area (Å²) < 4.78 is 5.83. The zero-order valence-corrected chi connectivity index (χ0v) is 11.4. The minimum Gasteiger partial charge on any atom is -0.377 e. The first-order valence-electron chi connectivity index (χ1n) is 6.88. The fourth-order valence-corrected chi connectivity index (χ4v) is 3.68. The molecule has 1 saturated carbocycles. The van der Waals surface area contributed by atoms with Crippen molar-refractivity contribution in [2.45, 2.75) is 45.4 Å². The summed E-state index contributed by atoms with van der Waals surface area (Å²) >= 11 is 0. The summed E-state index contributed by atoms with van der Waals surface area (Å²) in [4.78, 5) is 4.08.